The second-order valence-corrected chi connectivity index (χ2v) is 11.9. The molecule has 0 radical (unpaired) electrons. The van der Waals surface area contributed by atoms with E-state index in [1.165, 1.54) is 60.8 Å². The Hall–Kier alpha value is -2.35. The Morgan fingerprint density at radius 3 is 2.59 bits per heavy atom. The van der Waals surface area contributed by atoms with E-state index in [1.807, 2.05) is 6.07 Å². The van der Waals surface area contributed by atoms with Gasteiger partial charge in [-0.05, 0) is 115 Å². The Kier molecular flexibility index (Phi) is 5.47. The lowest BCUT2D eigenvalue weighted by atomic mass is 9.46. The summed E-state index contributed by atoms with van der Waals surface area (Å²) in [6.45, 7) is 2.58. The van der Waals surface area contributed by atoms with Crippen LogP contribution in [0.5, 0.6) is 5.75 Å². The minimum Gasteiger partial charge on any atom is -0.497 e. The monoisotopic (exact) mass is 454 g/mol. The van der Waals surface area contributed by atoms with Crippen LogP contribution in [-0.2, 0) is 11.2 Å². The number of hydrogen-bond donors (Lipinski definition) is 0. The third-order valence-corrected chi connectivity index (χ3v) is 10.3. The van der Waals surface area contributed by atoms with E-state index in [4.69, 9.17) is 4.74 Å². The maximum atomic E-state index is 12.5. The number of benzene rings is 2. The Balaban J connectivity index is 1.32. The highest BCUT2D eigenvalue weighted by atomic mass is 16.5. The van der Waals surface area contributed by atoms with Gasteiger partial charge in [-0.1, -0.05) is 55.3 Å². The molecule has 0 spiro atoms. The van der Waals surface area contributed by atoms with E-state index in [0.717, 1.165) is 49.2 Å². The molecule has 0 bridgehead atoms. The van der Waals surface area contributed by atoms with Gasteiger partial charge in [-0.15, -0.1) is 0 Å². The Morgan fingerprint density at radius 1 is 0.912 bits per heavy atom. The van der Waals surface area contributed by atoms with Crippen molar-refractivity contribution in [2.24, 2.45) is 28.6 Å². The molecule has 2 aromatic rings. The quantitative estimate of drug-likeness (QED) is 0.471. The number of carbonyl (C=O) groups is 1. The van der Waals surface area contributed by atoms with E-state index in [1.54, 1.807) is 7.11 Å². The largest absolute Gasteiger partial charge is 0.497 e. The molecule has 2 nitrogen and oxygen atoms in total. The SMILES string of the molecule is COc1cccc(-c2ccc(C[C@]34CCC(=O)C=C3CC[C@@H]3[C@H]4CC[C@]4(C)CCC[C@@H]34)cc2)c1. The van der Waals surface area contributed by atoms with E-state index in [-0.39, 0.29) is 5.41 Å². The van der Waals surface area contributed by atoms with E-state index >= 15 is 0 Å². The third-order valence-electron chi connectivity index (χ3n) is 10.3. The lowest BCUT2D eigenvalue weighted by molar-refractivity contribution is -0.117. The van der Waals surface area contributed by atoms with Crippen LogP contribution in [0.4, 0.5) is 0 Å². The average molecular weight is 455 g/mol. The minimum absolute atomic E-state index is 0.193. The van der Waals surface area contributed by atoms with Gasteiger partial charge in [-0.2, -0.15) is 0 Å². The fourth-order valence-corrected chi connectivity index (χ4v) is 8.67. The normalized spacial score (nSPS) is 34.6. The first-order chi connectivity index (χ1) is 16.5. The molecular formula is C32H38O2. The van der Waals surface area contributed by atoms with Gasteiger partial charge >= 0.3 is 0 Å². The van der Waals surface area contributed by atoms with Gasteiger partial charge in [-0.3, -0.25) is 4.79 Å². The van der Waals surface area contributed by atoms with Crippen molar-refractivity contribution in [1.29, 1.82) is 0 Å². The number of ketones is 1. The Labute approximate surface area is 204 Å². The predicted molar refractivity (Wildman–Crippen MR) is 138 cm³/mol. The zero-order chi connectivity index (χ0) is 23.3. The molecule has 0 saturated heterocycles. The van der Waals surface area contributed by atoms with Crippen molar-refractivity contribution in [3.63, 3.8) is 0 Å². The molecule has 4 aliphatic rings. The first kappa shape index (κ1) is 22.1. The fraction of sp³-hybridized carbons (Fsp3) is 0.531. The van der Waals surface area contributed by atoms with Gasteiger partial charge in [0.15, 0.2) is 5.78 Å². The van der Waals surface area contributed by atoms with Crippen molar-refractivity contribution in [3.05, 3.63) is 65.7 Å². The number of methoxy groups -OCH3 is 1. The molecule has 0 amide bonds. The van der Waals surface area contributed by atoms with Crippen molar-refractivity contribution in [3.8, 4) is 16.9 Å². The first-order valence-electron chi connectivity index (χ1n) is 13.5. The second kappa shape index (κ2) is 8.40. The summed E-state index contributed by atoms with van der Waals surface area (Å²) in [7, 11) is 1.72. The van der Waals surface area contributed by atoms with Crippen LogP contribution in [0.15, 0.2) is 60.2 Å². The van der Waals surface area contributed by atoms with Crippen LogP contribution in [0.3, 0.4) is 0 Å². The van der Waals surface area contributed by atoms with Gasteiger partial charge in [0.2, 0.25) is 0 Å². The van der Waals surface area contributed by atoms with Gasteiger partial charge in [-0.25, -0.2) is 0 Å². The predicted octanol–water partition coefficient (Wildman–Crippen LogP) is 7.81. The Morgan fingerprint density at radius 2 is 1.76 bits per heavy atom. The van der Waals surface area contributed by atoms with Gasteiger partial charge in [0.1, 0.15) is 5.75 Å². The molecule has 3 fully saturated rings. The number of rotatable bonds is 4. The molecule has 2 aromatic carbocycles. The first-order valence-corrected chi connectivity index (χ1v) is 13.5. The number of allylic oxidation sites excluding steroid dienone is 1. The lowest BCUT2D eigenvalue weighted by Crippen LogP contribution is -2.51. The number of hydrogen-bond acceptors (Lipinski definition) is 2. The van der Waals surface area contributed by atoms with Gasteiger partial charge in [0.25, 0.3) is 0 Å². The molecule has 0 unspecified atom stereocenters. The second-order valence-electron chi connectivity index (χ2n) is 11.9. The molecule has 5 atom stereocenters. The maximum absolute atomic E-state index is 12.5. The van der Waals surface area contributed by atoms with Crippen LogP contribution >= 0.6 is 0 Å². The number of ether oxygens (including phenoxy) is 1. The highest BCUT2D eigenvalue weighted by Crippen LogP contribution is 2.66. The molecule has 2 heteroatoms. The molecule has 34 heavy (non-hydrogen) atoms. The molecule has 4 aliphatic carbocycles. The molecule has 0 N–H and O–H groups in total. The summed E-state index contributed by atoms with van der Waals surface area (Å²) in [6.07, 6.45) is 14.4. The summed E-state index contributed by atoms with van der Waals surface area (Å²) >= 11 is 0. The summed E-state index contributed by atoms with van der Waals surface area (Å²) in [6, 6.07) is 17.5. The average Bonchev–Trinajstić information content (AvgIpc) is 3.27. The van der Waals surface area contributed by atoms with Crippen molar-refractivity contribution in [2.45, 2.75) is 71.1 Å². The van der Waals surface area contributed by atoms with Crippen LogP contribution in [0.1, 0.15) is 70.3 Å². The Bertz CT molecular complexity index is 1110. The minimum atomic E-state index is 0.193. The van der Waals surface area contributed by atoms with Crippen molar-refractivity contribution in [2.75, 3.05) is 7.11 Å². The molecule has 6 rings (SSSR count). The zero-order valence-electron chi connectivity index (χ0n) is 20.8. The van der Waals surface area contributed by atoms with Gasteiger partial charge in [0.05, 0.1) is 7.11 Å². The van der Waals surface area contributed by atoms with E-state index < -0.39 is 0 Å². The summed E-state index contributed by atoms with van der Waals surface area (Å²) in [4.78, 5) is 12.5. The molecule has 178 valence electrons. The fourth-order valence-electron chi connectivity index (χ4n) is 8.67. The smallest absolute Gasteiger partial charge is 0.155 e. The third kappa shape index (κ3) is 3.56. The van der Waals surface area contributed by atoms with Crippen molar-refractivity contribution < 1.29 is 9.53 Å². The molecule has 0 heterocycles. The van der Waals surface area contributed by atoms with Crippen LogP contribution < -0.4 is 4.74 Å². The van der Waals surface area contributed by atoms with Crippen LogP contribution in [-0.4, -0.2) is 12.9 Å². The number of carbonyl (C=O) groups excluding carboxylic acids is 1. The highest BCUT2D eigenvalue weighted by molar-refractivity contribution is 5.91. The summed E-state index contributed by atoms with van der Waals surface area (Å²) in [5.41, 5.74) is 6.11. The van der Waals surface area contributed by atoms with E-state index in [2.05, 4.69) is 55.5 Å². The zero-order valence-corrected chi connectivity index (χ0v) is 20.8. The molecular weight excluding hydrogens is 416 g/mol. The van der Waals surface area contributed by atoms with E-state index in [9.17, 15) is 4.79 Å². The maximum Gasteiger partial charge on any atom is 0.155 e. The molecule has 0 aromatic heterocycles. The van der Waals surface area contributed by atoms with Gasteiger partial charge < -0.3 is 4.74 Å². The molecule has 3 saturated carbocycles. The van der Waals surface area contributed by atoms with Gasteiger partial charge in [0, 0.05) is 6.42 Å². The van der Waals surface area contributed by atoms with Crippen molar-refractivity contribution >= 4 is 5.78 Å². The van der Waals surface area contributed by atoms with Crippen LogP contribution in [0.25, 0.3) is 11.1 Å². The van der Waals surface area contributed by atoms with Crippen LogP contribution in [0, 0.1) is 28.6 Å². The van der Waals surface area contributed by atoms with Crippen LogP contribution in [0.2, 0.25) is 0 Å². The highest BCUT2D eigenvalue weighted by Gasteiger charge is 2.57. The van der Waals surface area contributed by atoms with Crippen molar-refractivity contribution in [1.82, 2.24) is 0 Å². The summed E-state index contributed by atoms with van der Waals surface area (Å²) in [5, 5.41) is 0. The summed E-state index contributed by atoms with van der Waals surface area (Å²) < 4.78 is 5.42. The topological polar surface area (TPSA) is 26.3 Å². The lowest BCUT2D eigenvalue weighted by Gasteiger charge is -2.58. The molecule has 0 aliphatic heterocycles. The van der Waals surface area contributed by atoms with E-state index in [0.29, 0.717) is 11.2 Å². The number of fused-ring (bicyclic) bond motifs is 5. The summed E-state index contributed by atoms with van der Waals surface area (Å²) in [5.74, 6) is 3.75. The standard InChI is InChI=1S/C32H38O2/c1-31-16-4-7-29(31)28-13-12-25-20-26(33)14-18-32(25,30(28)15-17-31)21-22-8-10-23(11-9-22)24-5-3-6-27(19-24)34-2/h3,5-6,8-11,19-20,28-30H,4,7,12-18,21H2,1-2H3/t28-,29-,30+,31-,32+/m0/s1.